The fourth-order valence-corrected chi connectivity index (χ4v) is 9.71. The lowest BCUT2D eigenvalue weighted by molar-refractivity contribution is -0.157. The quantitative estimate of drug-likeness (QED) is 0.253. The molecule has 7 atom stereocenters. The SMILES string of the molecule is CC[C@@H]1C[C@@H](C)CCC=C[C@@H]2C[C@@]2(C(=O)NS(=O)(=O)C2(C)CC2)NC(=O)[C@@H]2C[C@@H](Oc3ncc(OC)c4ccccc34)CN2C(=O)[C@H]1N(C(=O)O)C(C)(C)C(C)(F)F. The highest BCUT2D eigenvalue weighted by atomic mass is 32.2. The highest BCUT2D eigenvalue weighted by Gasteiger charge is 2.63. The number of nitrogens with zero attached hydrogens (tertiary/aromatic N) is 3. The van der Waals surface area contributed by atoms with Crippen molar-refractivity contribution in [1.82, 2.24) is 24.8 Å². The highest BCUT2D eigenvalue weighted by molar-refractivity contribution is 7.91. The Balaban J connectivity index is 1.44. The first-order chi connectivity index (χ1) is 27.1. The van der Waals surface area contributed by atoms with E-state index in [0.29, 0.717) is 60.4 Å². The van der Waals surface area contributed by atoms with Gasteiger partial charge in [0.25, 0.3) is 11.8 Å². The van der Waals surface area contributed by atoms with Crippen LogP contribution in [0.15, 0.2) is 42.6 Å². The van der Waals surface area contributed by atoms with Crippen LogP contribution >= 0.6 is 0 Å². The zero-order valence-electron chi connectivity index (χ0n) is 34.1. The molecule has 2 aromatic rings. The van der Waals surface area contributed by atoms with Crippen LogP contribution in [0, 0.1) is 17.8 Å². The molecule has 1 saturated heterocycles. The molecule has 1 aromatic carbocycles. The van der Waals surface area contributed by atoms with Crippen molar-refractivity contribution in [3.63, 3.8) is 0 Å². The standard InChI is InChI=1S/C41H55F2N5O9S/c1-8-25-19-24(2)13-9-10-14-26-21-41(26,36(51)46-58(54,55)39(5)17-18-39)45-33(49)30-20-27(57-34-29-16-12-11-15-28(29)31(56-7)22-44-34)23-47(30)35(50)32(25)48(37(52)53)38(3,4)40(6,42)43/h10-12,14-16,22,24-27,30,32H,8-9,13,17-21,23H2,1-7H3,(H,45,49)(H,46,51)(H,52,53)/t24-,25+,26+,27+,30-,32-,41+/m0/s1. The number of hydrogen-bond acceptors (Lipinski definition) is 9. The van der Waals surface area contributed by atoms with Crippen LogP contribution in [0.2, 0.25) is 0 Å². The fraction of sp³-hybridized carbons (Fsp3) is 0.634. The normalized spacial score (nSPS) is 28.9. The number of allylic oxidation sites excluding steroid dienone is 1. The van der Waals surface area contributed by atoms with E-state index >= 15 is 13.6 Å². The molecule has 2 saturated carbocycles. The molecule has 318 valence electrons. The van der Waals surface area contributed by atoms with Crippen molar-refractivity contribution < 1.29 is 51.0 Å². The summed E-state index contributed by atoms with van der Waals surface area (Å²) in [5.41, 5.74) is -4.03. The topological polar surface area (TPSA) is 185 Å². The molecule has 6 rings (SSSR count). The maximum Gasteiger partial charge on any atom is 0.408 e. The van der Waals surface area contributed by atoms with Crippen LogP contribution in [-0.2, 0) is 24.4 Å². The van der Waals surface area contributed by atoms with Gasteiger partial charge in [-0.1, -0.05) is 50.6 Å². The van der Waals surface area contributed by atoms with Crippen LogP contribution in [0.3, 0.4) is 0 Å². The number of ether oxygens (including phenoxy) is 2. The third-order valence-corrected chi connectivity index (χ3v) is 15.1. The molecule has 4 amide bonds. The minimum absolute atomic E-state index is 0.0905. The van der Waals surface area contributed by atoms with Gasteiger partial charge in [0.05, 0.1) is 24.6 Å². The highest BCUT2D eigenvalue weighted by Crippen LogP contribution is 2.48. The zero-order valence-corrected chi connectivity index (χ0v) is 34.9. The molecule has 2 aliphatic carbocycles. The van der Waals surface area contributed by atoms with E-state index in [1.54, 1.807) is 32.1 Å². The van der Waals surface area contributed by atoms with Crippen molar-refractivity contribution in [2.75, 3.05) is 13.7 Å². The first-order valence-corrected chi connectivity index (χ1v) is 21.4. The van der Waals surface area contributed by atoms with E-state index < -0.39 is 85.6 Å². The molecule has 0 radical (unpaired) electrons. The Morgan fingerprint density at radius 2 is 1.81 bits per heavy atom. The third-order valence-electron chi connectivity index (χ3n) is 12.9. The van der Waals surface area contributed by atoms with Crippen molar-refractivity contribution in [3.8, 4) is 11.6 Å². The van der Waals surface area contributed by atoms with Gasteiger partial charge in [-0.15, -0.1) is 0 Å². The minimum Gasteiger partial charge on any atom is -0.494 e. The summed E-state index contributed by atoms with van der Waals surface area (Å²) in [6.07, 6.45) is 4.90. The van der Waals surface area contributed by atoms with Crippen LogP contribution < -0.4 is 19.5 Å². The molecule has 1 aromatic heterocycles. The van der Waals surface area contributed by atoms with Gasteiger partial charge in [-0.25, -0.2) is 27.0 Å². The third kappa shape index (κ3) is 7.94. The van der Waals surface area contributed by atoms with Gasteiger partial charge in [-0.3, -0.25) is 24.0 Å². The number of amides is 4. The number of carboxylic acid groups (broad SMARTS) is 1. The van der Waals surface area contributed by atoms with Crippen LogP contribution in [0.25, 0.3) is 10.8 Å². The number of carbonyl (C=O) groups is 4. The van der Waals surface area contributed by atoms with Gasteiger partial charge in [-0.05, 0) is 77.2 Å². The smallest absolute Gasteiger partial charge is 0.408 e. The maximum absolute atomic E-state index is 15.4. The van der Waals surface area contributed by atoms with Gasteiger partial charge in [0.15, 0.2) is 0 Å². The number of nitrogens with one attached hydrogen (secondary N) is 2. The Hall–Kier alpha value is -4.54. The summed E-state index contributed by atoms with van der Waals surface area (Å²) in [6.45, 7) is 7.77. The monoisotopic (exact) mass is 831 g/mol. The second kappa shape index (κ2) is 15.6. The van der Waals surface area contributed by atoms with Gasteiger partial charge in [-0.2, -0.15) is 0 Å². The zero-order chi connectivity index (χ0) is 42.6. The molecule has 0 unspecified atom stereocenters. The van der Waals surface area contributed by atoms with E-state index in [-0.39, 0.29) is 37.6 Å². The fourth-order valence-electron chi connectivity index (χ4n) is 8.40. The van der Waals surface area contributed by atoms with Gasteiger partial charge in [0.2, 0.25) is 27.7 Å². The average molecular weight is 832 g/mol. The summed E-state index contributed by atoms with van der Waals surface area (Å²) < 4.78 is 70.4. The van der Waals surface area contributed by atoms with Crippen LogP contribution in [0.4, 0.5) is 13.6 Å². The van der Waals surface area contributed by atoms with E-state index in [2.05, 4.69) is 15.0 Å². The Bertz CT molecular complexity index is 2090. The van der Waals surface area contributed by atoms with Gasteiger partial charge < -0.3 is 24.8 Å². The number of hydrogen-bond donors (Lipinski definition) is 3. The summed E-state index contributed by atoms with van der Waals surface area (Å²) in [7, 11) is -2.59. The molecule has 58 heavy (non-hydrogen) atoms. The van der Waals surface area contributed by atoms with E-state index in [9.17, 15) is 27.9 Å². The van der Waals surface area contributed by atoms with Crippen molar-refractivity contribution in [3.05, 3.63) is 42.6 Å². The van der Waals surface area contributed by atoms with Crippen LogP contribution in [-0.4, -0.2) is 106 Å². The molecule has 3 heterocycles. The lowest BCUT2D eigenvalue weighted by Crippen LogP contribution is -2.67. The lowest BCUT2D eigenvalue weighted by atomic mass is 9.81. The number of fused-ring (bicyclic) bond motifs is 3. The number of methoxy groups -OCH3 is 1. The summed E-state index contributed by atoms with van der Waals surface area (Å²) >= 11 is 0. The second-order valence-corrected chi connectivity index (χ2v) is 19.6. The summed E-state index contributed by atoms with van der Waals surface area (Å²) in [4.78, 5) is 63.3. The summed E-state index contributed by atoms with van der Waals surface area (Å²) in [6, 6.07) is 4.16. The summed E-state index contributed by atoms with van der Waals surface area (Å²) in [5, 5.41) is 14.8. The molecule has 17 heteroatoms. The Morgan fingerprint density at radius 1 is 1.14 bits per heavy atom. The molecule has 3 N–H and O–H groups in total. The lowest BCUT2D eigenvalue weighted by Gasteiger charge is -2.47. The first-order valence-electron chi connectivity index (χ1n) is 19.9. The van der Waals surface area contributed by atoms with E-state index in [4.69, 9.17) is 9.47 Å². The van der Waals surface area contributed by atoms with Crippen molar-refractivity contribution in [2.45, 2.75) is 133 Å². The van der Waals surface area contributed by atoms with Gasteiger partial charge in [0, 0.05) is 30.0 Å². The first kappa shape index (κ1) is 43.0. The van der Waals surface area contributed by atoms with Crippen molar-refractivity contribution >= 4 is 44.6 Å². The summed E-state index contributed by atoms with van der Waals surface area (Å²) in [5.74, 6) is -6.87. The number of benzene rings is 1. The van der Waals surface area contributed by atoms with Gasteiger partial charge in [0.1, 0.15) is 35.0 Å². The Labute approximate surface area is 338 Å². The molecule has 2 aliphatic heterocycles. The Morgan fingerprint density at radius 3 is 2.41 bits per heavy atom. The molecular formula is C41H55F2N5O9S. The van der Waals surface area contributed by atoms with Crippen LogP contribution in [0.5, 0.6) is 11.6 Å². The number of halogens is 2. The second-order valence-electron chi connectivity index (χ2n) is 17.4. The van der Waals surface area contributed by atoms with E-state index in [1.165, 1.54) is 18.2 Å². The number of sulfonamides is 1. The number of aromatic nitrogens is 1. The van der Waals surface area contributed by atoms with Crippen molar-refractivity contribution in [2.24, 2.45) is 17.8 Å². The van der Waals surface area contributed by atoms with E-state index in [0.717, 1.165) is 13.8 Å². The van der Waals surface area contributed by atoms with Gasteiger partial charge >= 0.3 is 6.09 Å². The van der Waals surface area contributed by atoms with Crippen LogP contribution in [0.1, 0.15) is 92.9 Å². The Kier molecular flexibility index (Phi) is 11.6. The minimum atomic E-state index is -4.09. The molecule has 4 aliphatic rings. The average Bonchev–Trinajstić information content (AvgIpc) is 4.03. The van der Waals surface area contributed by atoms with Crippen molar-refractivity contribution in [1.29, 1.82) is 0 Å². The number of carbonyl (C=O) groups excluding carboxylic acids is 3. The number of pyridine rings is 1. The number of rotatable bonds is 10. The van der Waals surface area contributed by atoms with E-state index in [1.807, 2.05) is 25.1 Å². The largest absolute Gasteiger partial charge is 0.494 e. The molecule has 14 nitrogen and oxygen atoms in total. The molecule has 0 spiro atoms. The predicted octanol–water partition coefficient (Wildman–Crippen LogP) is 5.65. The molecular weight excluding hydrogens is 777 g/mol. The number of alkyl halides is 2. The maximum atomic E-state index is 15.4. The molecule has 3 fully saturated rings. The predicted molar refractivity (Wildman–Crippen MR) is 211 cm³/mol. The molecule has 0 bridgehead atoms.